The number of hydrogen-bond donors (Lipinski definition) is 2. The highest BCUT2D eigenvalue weighted by molar-refractivity contribution is 14.1. The highest BCUT2D eigenvalue weighted by Gasteiger charge is 2.18. The van der Waals surface area contributed by atoms with Gasteiger partial charge in [0.05, 0.1) is 25.8 Å². The number of amides is 2. The Hall–Kier alpha value is -2.29. The third kappa shape index (κ3) is 4.87. The molecule has 0 saturated carbocycles. The van der Waals surface area contributed by atoms with Gasteiger partial charge in [0.2, 0.25) is 5.91 Å². The minimum absolute atomic E-state index is 0.140. The summed E-state index contributed by atoms with van der Waals surface area (Å²) in [5.41, 5.74) is 2.09. The quantitative estimate of drug-likeness (QED) is 0.634. The van der Waals surface area contributed by atoms with E-state index in [4.69, 9.17) is 9.47 Å². The highest BCUT2D eigenvalue weighted by Crippen LogP contribution is 2.31. The minimum Gasteiger partial charge on any atom is -0.493 e. The van der Waals surface area contributed by atoms with Gasteiger partial charge in [0, 0.05) is 16.2 Å². The maximum Gasteiger partial charge on any atom is 0.252 e. The molecular weight excluding hydrogens is 447 g/mol. The number of ether oxygens (including phenoxy) is 2. The number of benzene rings is 2. The maximum atomic E-state index is 12.7. The molecule has 0 spiro atoms. The van der Waals surface area contributed by atoms with Crippen LogP contribution in [-0.2, 0) is 4.79 Å². The molecular formula is C19H21IN2O4. The largest absolute Gasteiger partial charge is 0.493 e. The van der Waals surface area contributed by atoms with Gasteiger partial charge in [-0.3, -0.25) is 9.59 Å². The van der Waals surface area contributed by atoms with Crippen molar-refractivity contribution in [1.82, 2.24) is 5.32 Å². The smallest absolute Gasteiger partial charge is 0.252 e. The number of methoxy groups -OCH3 is 2. The molecule has 0 radical (unpaired) electrons. The summed E-state index contributed by atoms with van der Waals surface area (Å²) < 4.78 is 11.3. The van der Waals surface area contributed by atoms with Crippen molar-refractivity contribution < 1.29 is 19.1 Å². The second kappa shape index (κ2) is 8.88. The fraction of sp³-hybridized carbons (Fsp3) is 0.263. The van der Waals surface area contributed by atoms with E-state index >= 15 is 0 Å². The predicted molar refractivity (Wildman–Crippen MR) is 109 cm³/mol. The first-order valence-electron chi connectivity index (χ1n) is 7.95. The number of carbonyl (C=O) groups is 2. The lowest BCUT2D eigenvalue weighted by Gasteiger charge is -2.17. The van der Waals surface area contributed by atoms with Gasteiger partial charge in [0.15, 0.2) is 11.5 Å². The van der Waals surface area contributed by atoms with Crippen molar-refractivity contribution in [2.75, 3.05) is 19.5 Å². The molecule has 26 heavy (non-hydrogen) atoms. The topological polar surface area (TPSA) is 76.7 Å². The van der Waals surface area contributed by atoms with Crippen LogP contribution in [0.1, 0.15) is 35.8 Å². The predicted octanol–water partition coefficient (Wildman–Crippen LogP) is 3.76. The van der Waals surface area contributed by atoms with Crippen LogP contribution in [0.5, 0.6) is 11.5 Å². The van der Waals surface area contributed by atoms with Crippen LogP contribution in [0.25, 0.3) is 0 Å². The first kappa shape index (κ1) is 20.0. The molecule has 1 atom stereocenters. The van der Waals surface area contributed by atoms with Gasteiger partial charge >= 0.3 is 0 Å². The summed E-state index contributed by atoms with van der Waals surface area (Å²) in [5.74, 6) is 0.717. The summed E-state index contributed by atoms with van der Waals surface area (Å²) in [6.07, 6.45) is 0. The van der Waals surface area contributed by atoms with Crippen LogP contribution >= 0.6 is 22.6 Å². The second-order valence-corrected chi connectivity index (χ2v) is 6.85. The molecule has 0 aliphatic rings. The molecule has 0 saturated heterocycles. The van der Waals surface area contributed by atoms with Crippen molar-refractivity contribution >= 4 is 40.1 Å². The Morgan fingerprint density at radius 2 is 1.73 bits per heavy atom. The van der Waals surface area contributed by atoms with Crippen LogP contribution < -0.4 is 20.1 Å². The number of rotatable bonds is 6. The molecule has 0 aromatic heterocycles. The van der Waals surface area contributed by atoms with Crippen molar-refractivity contribution in [2.45, 2.75) is 19.9 Å². The van der Waals surface area contributed by atoms with Crippen molar-refractivity contribution in [3.8, 4) is 11.5 Å². The lowest BCUT2D eigenvalue weighted by atomic mass is 10.1. The van der Waals surface area contributed by atoms with Gasteiger partial charge < -0.3 is 20.1 Å². The van der Waals surface area contributed by atoms with Gasteiger partial charge in [0.25, 0.3) is 5.91 Å². The summed E-state index contributed by atoms with van der Waals surface area (Å²) in [6.45, 7) is 3.34. The van der Waals surface area contributed by atoms with Crippen LogP contribution in [0.3, 0.4) is 0 Å². The Labute approximate surface area is 166 Å². The van der Waals surface area contributed by atoms with E-state index in [9.17, 15) is 9.59 Å². The number of anilines is 1. The molecule has 0 aliphatic heterocycles. The molecule has 2 aromatic rings. The Morgan fingerprint density at radius 1 is 1.08 bits per heavy atom. The summed E-state index contributed by atoms with van der Waals surface area (Å²) in [7, 11) is 3.08. The summed E-state index contributed by atoms with van der Waals surface area (Å²) in [5, 5.41) is 5.71. The third-order valence-corrected chi connectivity index (χ3v) is 4.66. The highest BCUT2D eigenvalue weighted by atomic mass is 127. The van der Waals surface area contributed by atoms with E-state index in [0.717, 1.165) is 9.13 Å². The van der Waals surface area contributed by atoms with E-state index in [-0.39, 0.29) is 17.9 Å². The van der Waals surface area contributed by atoms with E-state index in [1.54, 1.807) is 25.3 Å². The average Bonchev–Trinajstić information content (AvgIpc) is 2.60. The molecule has 138 valence electrons. The molecule has 0 bridgehead atoms. The second-order valence-electron chi connectivity index (χ2n) is 5.69. The van der Waals surface area contributed by atoms with Gasteiger partial charge in [-0.1, -0.05) is 12.1 Å². The van der Waals surface area contributed by atoms with Crippen LogP contribution in [0.15, 0.2) is 36.4 Å². The number of carbonyl (C=O) groups excluding carboxylic acids is 2. The molecule has 6 nitrogen and oxygen atoms in total. The maximum absolute atomic E-state index is 12.7. The van der Waals surface area contributed by atoms with E-state index < -0.39 is 0 Å². The molecule has 0 fully saturated rings. The normalized spacial score (nSPS) is 11.4. The van der Waals surface area contributed by atoms with Crippen LogP contribution in [0.4, 0.5) is 5.69 Å². The molecule has 0 heterocycles. The first-order chi connectivity index (χ1) is 12.3. The zero-order valence-electron chi connectivity index (χ0n) is 15.1. The van der Waals surface area contributed by atoms with Gasteiger partial charge in [-0.25, -0.2) is 0 Å². The van der Waals surface area contributed by atoms with Crippen molar-refractivity contribution in [2.24, 2.45) is 0 Å². The van der Waals surface area contributed by atoms with Gasteiger partial charge in [-0.15, -0.1) is 0 Å². The summed E-state index contributed by atoms with van der Waals surface area (Å²) >= 11 is 2.09. The van der Waals surface area contributed by atoms with Crippen LogP contribution in [0.2, 0.25) is 0 Å². The molecule has 1 unspecified atom stereocenters. The van der Waals surface area contributed by atoms with Crippen molar-refractivity contribution in [3.05, 3.63) is 51.1 Å². The van der Waals surface area contributed by atoms with Crippen molar-refractivity contribution in [3.63, 3.8) is 0 Å². The standard InChI is InChI=1S/C19H21IN2O4/c1-11(13-6-5-7-14(8-13)22-12(2)23)21-19(24)15-9-17(25-3)18(26-4)10-16(15)20/h5-11H,1-4H3,(H,21,24)(H,22,23). The minimum atomic E-state index is -0.236. The average molecular weight is 468 g/mol. The van der Waals surface area contributed by atoms with Crippen LogP contribution in [0, 0.1) is 3.57 Å². The van der Waals surface area contributed by atoms with Gasteiger partial charge in [-0.05, 0) is 59.3 Å². The van der Waals surface area contributed by atoms with E-state index in [0.29, 0.717) is 22.7 Å². The molecule has 2 aromatic carbocycles. The third-order valence-electron chi connectivity index (χ3n) is 3.77. The zero-order chi connectivity index (χ0) is 19.3. The number of halogens is 1. The SMILES string of the molecule is COc1cc(I)c(C(=O)NC(C)c2cccc(NC(C)=O)c2)cc1OC. The number of nitrogens with one attached hydrogen (secondary N) is 2. The Kier molecular flexibility index (Phi) is 6.84. The molecule has 2 rings (SSSR count). The first-order valence-corrected chi connectivity index (χ1v) is 9.03. The summed E-state index contributed by atoms with van der Waals surface area (Å²) in [6, 6.07) is 10.6. The lowest BCUT2D eigenvalue weighted by Crippen LogP contribution is -2.27. The van der Waals surface area contributed by atoms with Crippen LogP contribution in [-0.4, -0.2) is 26.0 Å². The van der Waals surface area contributed by atoms with E-state index in [1.807, 2.05) is 25.1 Å². The fourth-order valence-electron chi connectivity index (χ4n) is 2.47. The number of hydrogen-bond acceptors (Lipinski definition) is 4. The van der Waals surface area contributed by atoms with Gasteiger partial charge in [0.1, 0.15) is 0 Å². The molecule has 0 aliphatic carbocycles. The Bertz CT molecular complexity index is 823. The fourth-order valence-corrected chi connectivity index (χ4v) is 3.16. The monoisotopic (exact) mass is 468 g/mol. The Balaban J connectivity index is 2.20. The van der Waals surface area contributed by atoms with E-state index in [2.05, 4.69) is 33.2 Å². The van der Waals surface area contributed by atoms with Crippen molar-refractivity contribution in [1.29, 1.82) is 0 Å². The molecule has 2 amide bonds. The van der Waals surface area contributed by atoms with E-state index in [1.165, 1.54) is 14.0 Å². The summed E-state index contributed by atoms with van der Waals surface area (Å²) in [4.78, 5) is 23.9. The van der Waals surface area contributed by atoms with Gasteiger partial charge in [-0.2, -0.15) is 0 Å². The molecule has 2 N–H and O–H groups in total. The zero-order valence-corrected chi connectivity index (χ0v) is 17.2. The lowest BCUT2D eigenvalue weighted by molar-refractivity contribution is -0.114. The Morgan fingerprint density at radius 3 is 2.35 bits per heavy atom. The molecule has 7 heteroatoms.